The van der Waals surface area contributed by atoms with E-state index in [0.29, 0.717) is 11.3 Å². The Morgan fingerprint density at radius 1 is 1.45 bits per heavy atom. The normalized spacial score (nSPS) is 11.7. The van der Waals surface area contributed by atoms with Crippen LogP contribution in [0.5, 0.6) is 0 Å². The minimum absolute atomic E-state index is 0.178. The van der Waals surface area contributed by atoms with Crippen molar-refractivity contribution in [3.63, 3.8) is 0 Å². The molecule has 0 radical (unpaired) electrons. The number of esters is 1. The smallest absolute Gasteiger partial charge is 0.339 e. The van der Waals surface area contributed by atoms with Gasteiger partial charge in [0.15, 0.2) is 11.3 Å². The van der Waals surface area contributed by atoms with Crippen LogP contribution in [0.3, 0.4) is 0 Å². The van der Waals surface area contributed by atoms with Gasteiger partial charge in [0.1, 0.15) is 0 Å². The molecule has 0 bridgehead atoms. The zero-order valence-corrected chi connectivity index (χ0v) is 12.1. The summed E-state index contributed by atoms with van der Waals surface area (Å²) in [5.74, 6) is -1.00. The van der Waals surface area contributed by atoms with Gasteiger partial charge in [0, 0.05) is 11.6 Å². The van der Waals surface area contributed by atoms with E-state index in [9.17, 15) is 9.59 Å². The van der Waals surface area contributed by atoms with Crippen molar-refractivity contribution in [2.45, 2.75) is 13.0 Å². The van der Waals surface area contributed by atoms with Gasteiger partial charge in [-0.15, -0.1) is 0 Å². The fourth-order valence-corrected chi connectivity index (χ4v) is 2.17. The van der Waals surface area contributed by atoms with Crippen molar-refractivity contribution in [3.05, 3.63) is 45.9 Å². The molecule has 7 heteroatoms. The zero-order chi connectivity index (χ0) is 14.5. The predicted molar refractivity (Wildman–Crippen MR) is 77.1 cm³/mol. The third-order valence-electron chi connectivity index (χ3n) is 2.43. The molecule has 0 aliphatic heterocycles. The number of ether oxygens (including phenoxy) is 1. The highest BCUT2D eigenvalue weighted by Crippen LogP contribution is 2.18. The molecule has 2 rings (SSSR count). The van der Waals surface area contributed by atoms with E-state index in [1.54, 1.807) is 29.0 Å². The fourth-order valence-electron chi connectivity index (χ4n) is 1.38. The minimum Gasteiger partial charge on any atom is -0.449 e. The van der Waals surface area contributed by atoms with Gasteiger partial charge in [0.25, 0.3) is 5.91 Å². The largest absolute Gasteiger partial charge is 0.449 e. The average Bonchev–Trinajstić information content (AvgIpc) is 2.95. The summed E-state index contributed by atoms with van der Waals surface area (Å²) in [6, 6.07) is 4.89. The van der Waals surface area contributed by atoms with E-state index in [1.807, 2.05) is 0 Å². The molecule has 0 aliphatic carbocycles. The number of hydrogen-bond acceptors (Lipinski definition) is 5. The molecule has 0 aliphatic rings. The number of halogens is 1. The molecule has 1 amide bonds. The molecule has 0 aromatic carbocycles. The third-order valence-corrected chi connectivity index (χ3v) is 3.41. The molecule has 1 N–H and O–H groups in total. The van der Waals surface area contributed by atoms with Crippen LogP contribution in [0.4, 0.5) is 5.69 Å². The van der Waals surface area contributed by atoms with Crippen LogP contribution in [0.15, 0.2) is 35.2 Å². The number of rotatable bonds is 4. The van der Waals surface area contributed by atoms with Crippen molar-refractivity contribution in [1.82, 2.24) is 4.98 Å². The van der Waals surface area contributed by atoms with E-state index >= 15 is 0 Å². The highest BCUT2D eigenvalue weighted by atomic mass is 35.5. The number of anilines is 1. The molecular formula is C13H11ClN2O3S. The first-order chi connectivity index (χ1) is 9.58. The van der Waals surface area contributed by atoms with Gasteiger partial charge in [-0.25, -0.2) is 9.78 Å². The first-order valence-corrected chi connectivity index (χ1v) is 7.04. The lowest BCUT2D eigenvalue weighted by atomic mass is 10.3. The number of nitrogens with zero attached hydrogens (tertiary/aromatic N) is 1. The van der Waals surface area contributed by atoms with Gasteiger partial charge in [-0.3, -0.25) is 4.79 Å². The molecule has 0 unspecified atom stereocenters. The Kier molecular flexibility index (Phi) is 4.70. The molecule has 0 spiro atoms. The first kappa shape index (κ1) is 14.5. The standard InChI is InChI=1S/C13H11ClN2O3S/c1-8(19-13(18)9-4-6-20-7-9)12(17)16-10-3-2-5-15-11(10)14/h2-8H,1H3,(H,16,17)/t8-/m1/s1. The number of hydrogen-bond donors (Lipinski definition) is 1. The van der Waals surface area contributed by atoms with E-state index < -0.39 is 18.0 Å². The van der Waals surface area contributed by atoms with Gasteiger partial charge in [-0.1, -0.05) is 11.6 Å². The monoisotopic (exact) mass is 310 g/mol. The zero-order valence-electron chi connectivity index (χ0n) is 10.5. The fraction of sp³-hybridized carbons (Fsp3) is 0.154. The average molecular weight is 311 g/mol. The lowest BCUT2D eigenvalue weighted by Crippen LogP contribution is -2.30. The van der Waals surface area contributed by atoms with Crippen LogP contribution in [0.1, 0.15) is 17.3 Å². The molecule has 0 fully saturated rings. The highest BCUT2D eigenvalue weighted by molar-refractivity contribution is 7.08. The summed E-state index contributed by atoms with van der Waals surface area (Å²) in [5, 5.41) is 6.15. The Labute approximate surface area is 124 Å². The Balaban J connectivity index is 1.96. The Bertz CT molecular complexity index is 616. The Morgan fingerprint density at radius 3 is 2.90 bits per heavy atom. The number of nitrogens with one attached hydrogen (secondary N) is 1. The second-order valence-corrected chi connectivity index (χ2v) is 5.03. The maximum Gasteiger partial charge on any atom is 0.339 e. The second-order valence-electron chi connectivity index (χ2n) is 3.89. The summed E-state index contributed by atoms with van der Waals surface area (Å²) in [4.78, 5) is 27.4. The maximum atomic E-state index is 11.9. The van der Waals surface area contributed by atoms with Crippen LogP contribution >= 0.6 is 22.9 Å². The van der Waals surface area contributed by atoms with Crippen molar-refractivity contribution < 1.29 is 14.3 Å². The number of carbonyl (C=O) groups excluding carboxylic acids is 2. The van der Waals surface area contributed by atoms with Crippen LogP contribution in [0, 0.1) is 0 Å². The Hall–Kier alpha value is -1.92. The van der Waals surface area contributed by atoms with E-state index in [1.165, 1.54) is 24.5 Å². The van der Waals surface area contributed by atoms with E-state index in [2.05, 4.69) is 10.3 Å². The van der Waals surface area contributed by atoms with Crippen molar-refractivity contribution in [1.29, 1.82) is 0 Å². The molecule has 5 nitrogen and oxygen atoms in total. The van der Waals surface area contributed by atoms with Gasteiger partial charge < -0.3 is 10.1 Å². The SMILES string of the molecule is C[C@@H](OC(=O)c1ccsc1)C(=O)Nc1cccnc1Cl. The van der Waals surface area contributed by atoms with Crippen LogP contribution < -0.4 is 5.32 Å². The number of aromatic nitrogens is 1. The van der Waals surface area contributed by atoms with Crippen LogP contribution in [0.2, 0.25) is 5.15 Å². The summed E-state index contributed by atoms with van der Waals surface area (Å²) in [7, 11) is 0. The van der Waals surface area contributed by atoms with Gasteiger partial charge in [-0.2, -0.15) is 11.3 Å². The van der Waals surface area contributed by atoms with E-state index in [0.717, 1.165) is 0 Å². The highest BCUT2D eigenvalue weighted by Gasteiger charge is 2.20. The maximum absolute atomic E-state index is 11.9. The second kappa shape index (κ2) is 6.49. The van der Waals surface area contributed by atoms with Crippen molar-refractivity contribution in [2.24, 2.45) is 0 Å². The van der Waals surface area contributed by atoms with E-state index in [4.69, 9.17) is 16.3 Å². The first-order valence-electron chi connectivity index (χ1n) is 5.72. The molecule has 20 heavy (non-hydrogen) atoms. The third kappa shape index (κ3) is 3.55. The number of thiophene rings is 1. The molecular weight excluding hydrogens is 300 g/mol. The van der Waals surface area contributed by atoms with Crippen molar-refractivity contribution in [3.8, 4) is 0 Å². The summed E-state index contributed by atoms with van der Waals surface area (Å²) >= 11 is 7.21. The molecule has 0 saturated heterocycles. The van der Waals surface area contributed by atoms with Crippen molar-refractivity contribution >= 4 is 40.5 Å². The minimum atomic E-state index is -0.932. The number of pyridine rings is 1. The van der Waals surface area contributed by atoms with Gasteiger partial charge in [0.05, 0.1) is 11.3 Å². The van der Waals surface area contributed by atoms with Gasteiger partial charge >= 0.3 is 5.97 Å². The van der Waals surface area contributed by atoms with Gasteiger partial charge in [0.2, 0.25) is 0 Å². The predicted octanol–water partition coefficient (Wildman–Crippen LogP) is 2.98. The summed E-state index contributed by atoms with van der Waals surface area (Å²) in [5.41, 5.74) is 0.798. The summed E-state index contributed by atoms with van der Waals surface area (Å²) < 4.78 is 5.06. The Morgan fingerprint density at radius 2 is 2.25 bits per heavy atom. The molecule has 2 aromatic rings. The lowest BCUT2D eigenvalue weighted by molar-refractivity contribution is -0.123. The van der Waals surface area contributed by atoms with Crippen LogP contribution in [-0.4, -0.2) is 23.0 Å². The van der Waals surface area contributed by atoms with Crippen LogP contribution in [0.25, 0.3) is 0 Å². The van der Waals surface area contributed by atoms with Gasteiger partial charge in [-0.05, 0) is 30.5 Å². The topological polar surface area (TPSA) is 68.3 Å². The molecule has 2 heterocycles. The quantitative estimate of drug-likeness (QED) is 0.696. The summed E-state index contributed by atoms with van der Waals surface area (Å²) in [6.45, 7) is 1.49. The number of amides is 1. The molecule has 0 saturated carbocycles. The van der Waals surface area contributed by atoms with Crippen molar-refractivity contribution in [2.75, 3.05) is 5.32 Å². The summed E-state index contributed by atoms with van der Waals surface area (Å²) in [6.07, 6.45) is 0.580. The molecule has 2 aromatic heterocycles. The number of carbonyl (C=O) groups is 2. The van der Waals surface area contributed by atoms with E-state index in [-0.39, 0.29) is 5.15 Å². The molecule has 1 atom stereocenters. The lowest BCUT2D eigenvalue weighted by Gasteiger charge is -2.13. The molecule has 104 valence electrons. The van der Waals surface area contributed by atoms with Crippen LogP contribution in [-0.2, 0) is 9.53 Å².